The van der Waals surface area contributed by atoms with Gasteiger partial charge in [0.05, 0.1) is 25.1 Å². The minimum absolute atomic E-state index is 0.115. The Morgan fingerprint density at radius 3 is 2.72 bits per heavy atom. The van der Waals surface area contributed by atoms with Crippen LogP contribution in [-0.2, 0) is 6.54 Å². The molecule has 2 aromatic rings. The lowest BCUT2D eigenvalue weighted by atomic mass is 10.1. The van der Waals surface area contributed by atoms with Crippen LogP contribution in [0.25, 0.3) is 11.2 Å². The molecule has 0 unspecified atom stereocenters. The Kier molecular flexibility index (Phi) is 4.07. The maximum Gasteiger partial charge on any atom is 0.164 e. The van der Waals surface area contributed by atoms with Crippen molar-refractivity contribution in [3.8, 4) is 0 Å². The Bertz CT molecular complexity index is 533. The second-order valence-corrected chi connectivity index (χ2v) is 4.24. The summed E-state index contributed by atoms with van der Waals surface area (Å²) in [5, 5.41) is 28.2. The smallest absolute Gasteiger partial charge is 0.164 e. The Balaban J connectivity index is 2.19. The fraction of sp³-hybridized carbons (Fsp3) is 0.500. The molecule has 98 valence electrons. The van der Waals surface area contributed by atoms with Crippen LogP contribution >= 0.6 is 11.6 Å². The molecule has 7 nitrogen and oxygen atoms in total. The van der Waals surface area contributed by atoms with Crippen molar-refractivity contribution in [3.63, 3.8) is 0 Å². The van der Waals surface area contributed by atoms with Crippen molar-refractivity contribution in [2.24, 2.45) is 0 Å². The fourth-order valence-electron chi connectivity index (χ4n) is 1.63. The molecule has 8 heteroatoms. The third-order valence-corrected chi connectivity index (χ3v) is 2.89. The molecule has 2 aromatic heterocycles. The van der Waals surface area contributed by atoms with Crippen molar-refractivity contribution in [1.82, 2.24) is 19.5 Å². The minimum Gasteiger partial charge on any atom is -0.396 e. The van der Waals surface area contributed by atoms with Gasteiger partial charge >= 0.3 is 0 Å². The van der Waals surface area contributed by atoms with Gasteiger partial charge < -0.3 is 19.9 Å². The highest BCUT2D eigenvalue weighted by Gasteiger charge is 2.18. The van der Waals surface area contributed by atoms with Gasteiger partial charge in [0.15, 0.2) is 10.8 Å². The van der Waals surface area contributed by atoms with Crippen molar-refractivity contribution in [2.45, 2.75) is 25.2 Å². The van der Waals surface area contributed by atoms with Gasteiger partial charge in [0.25, 0.3) is 0 Å². The zero-order valence-electron chi connectivity index (χ0n) is 9.44. The Morgan fingerprint density at radius 2 is 2.00 bits per heavy atom. The number of hydrogen-bond acceptors (Lipinski definition) is 6. The molecule has 0 aliphatic rings. The number of aromatic nitrogens is 4. The van der Waals surface area contributed by atoms with E-state index < -0.39 is 12.2 Å². The van der Waals surface area contributed by atoms with Gasteiger partial charge in [0.1, 0.15) is 11.8 Å². The summed E-state index contributed by atoms with van der Waals surface area (Å²) in [6.45, 7) is -0.0675. The molecule has 0 saturated carbocycles. The zero-order valence-corrected chi connectivity index (χ0v) is 10.2. The third kappa shape index (κ3) is 2.59. The predicted molar refractivity (Wildman–Crippen MR) is 64.0 cm³/mol. The van der Waals surface area contributed by atoms with E-state index in [0.29, 0.717) is 11.2 Å². The van der Waals surface area contributed by atoms with E-state index in [9.17, 15) is 10.2 Å². The highest BCUT2D eigenvalue weighted by atomic mass is 35.5. The number of aliphatic hydroxyl groups excluding tert-OH is 3. The normalized spacial score (nSPS) is 14.9. The summed E-state index contributed by atoms with van der Waals surface area (Å²) < 4.78 is 1.58. The SMILES string of the molecule is OCC[C@@H](O)[C@@H](O)Cn1cnc2c(Cl)ncnc21. The maximum atomic E-state index is 9.76. The first-order valence-electron chi connectivity index (χ1n) is 5.41. The van der Waals surface area contributed by atoms with Gasteiger partial charge in [-0.05, 0) is 6.42 Å². The molecule has 2 atom stereocenters. The number of fused-ring (bicyclic) bond motifs is 1. The van der Waals surface area contributed by atoms with Gasteiger partial charge in [0, 0.05) is 6.61 Å². The molecule has 18 heavy (non-hydrogen) atoms. The summed E-state index contributed by atoms with van der Waals surface area (Å²) in [6.07, 6.45) is 0.885. The molecule has 0 aliphatic heterocycles. The van der Waals surface area contributed by atoms with E-state index in [1.165, 1.54) is 12.7 Å². The topological polar surface area (TPSA) is 104 Å². The van der Waals surface area contributed by atoms with Crippen LogP contribution in [0.5, 0.6) is 0 Å². The van der Waals surface area contributed by atoms with Crippen LogP contribution in [0, 0.1) is 0 Å². The summed E-state index contributed by atoms with van der Waals surface area (Å²) in [4.78, 5) is 11.9. The second kappa shape index (κ2) is 5.57. The van der Waals surface area contributed by atoms with Crippen LogP contribution < -0.4 is 0 Å². The zero-order chi connectivity index (χ0) is 13.1. The molecule has 0 saturated heterocycles. The van der Waals surface area contributed by atoms with Crippen LogP contribution in [-0.4, -0.2) is 53.7 Å². The quantitative estimate of drug-likeness (QED) is 0.639. The summed E-state index contributed by atoms with van der Waals surface area (Å²) in [7, 11) is 0. The molecule has 0 bridgehead atoms. The summed E-state index contributed by atoms with van der Waals surface area (Å²) in [6, 6.07) is 0. The molecule has 0 amide bonds. The first-order valence-corrected chi connectivity index (χ1v) is 5.79. The van der Waals surface area contributed by atoms with E-state index in [2.05, 4.69) is 15.0 Å². The minimum atomic E-state index is -1.01. The summed E-state index contributed by atoms with van der Waals surface area (Å²) >= 11 is 5.85. The standard InChI is InChI=1S/C10H13ClN4O3/c11-9-8-10(13-4-12-9)15(5-14-8)3-7(18)6(17)1-2-16/h4-7,16-18H,1-3H2/t6-,7+/m1/s1. The lowest BCUT2D eigenvalue weighted by Crippen LogP contribution is -2.31. The van der Waals surface area contributed by atoms with Crippen molar-refractivity contribution in [2.75, 3.05) is 6.61 Å². The average molecular weight is 273 g/mol. The third-order valence-electron chi connectivity index (χ3n) is 2.61. The number of hydrogen-bond donors (Lipinski definition) is 3. The number of nitrogens with zero attached hydrogens (tertiary/aromatic N) is 4. The first-order chi connectivity index (χ1) is 8.63. The highest BCUT2D eigenvalue weighted by Crippen LogP contribution is 2.17. The molecular weight excluding hydrogens is 260 g/mol. The number of halogens is 1. The first kappa shape index (κ1) is 13.2. The van der Waals surface area contributed by atoms with E-state index >= 15 is 0 Å². The van der Waals surface area contributed by atoms with Gasteiger partial charge in [-0.1, -0.05) is 11.6 Å². The molecule has 2 heterocycles. The van der Waals surface area contributed by atoms with Crippen LogP contribution in [0.3, 0.4) is 0 Å². The van der Waals surface area contributed by atoms with Gasteiger partial charge in [-0.25, -0.2) is 15.0 Å². The van der Waals surface area contributed by atoms with Crippen molar-refractivity contribution >= 4 is 22.8 Å². The monoisotopic (exact) mass is 272 g/mol. The van der Waals surface area contributed by atoms with Crippen molar-refractivity contribution < 1.29 is 15.3 Å². The van der Waals surface area contributed by atoms with E-state index in [-0.39, 0.29) is 24.7 Å². The van der Waals surface area contributed by atoms with Gasteiger partial charge in [-0.15, -0.1) is 0 Å². The molecule has 0 spiro atoms. The predicted octanol–water partition coefficient (Wildman–Crippen LogP) is -0.416. The second-order valence-electron chi connectivity index (χ2n) is 3.88. The van der Waals surface area contributed by atoms with Crippen LogP contribution in [0.1, 0.15) is 6.42 Å². The summed E-state index contributed by atoms with van der Waals surface area (Å²) in [5.74, 6) is 0. The molecule has 0 aromatic carbocycles. The summed E-state index contributed by atoms with van der Waals surface area (Å²) in [5.41, 5.74) is 0.938. The number of imidazole rings is 1. The molecule has 0 aliphatic carbocycles. The molecule has 0 radical (unpaired) electrons. The van der Waals surface area contributed by atoms with Gasteiger partial charge in [0.2, 0.25) is 0 Å². The highest BCUT2D eigenvalue weighted by molar-refractivity contribution is 6.33. The molecular formula is C10H13ClN4O3. The van der Waals surface area contributed by atoms with E-state index in [4.69, 9.17) is 16.7 Å². The van der Waals surface area contributed by atoms with Crippen LogP contribution in [0.15, 0.2) is 12.7 Å². The molecule has 2 rings (SSSR count). The van der Waals surface area contributed by atoms with Crippen molar-refractivity contribution in [3.05, 3.63) is 17.8 Å². The van der Waals surface area contributed by atoms with Gasteiger partial charge in [-0.2, -0.15) is 0 Å². The lowest BCUT2D eigenvalue weighted by molar-refractivity contribution is -0.00298. The Morgan fingerprint density at radius 1 is 1.22 bits per heavy atom. The Labute approximate surface area is 108 Å². The lowest BCUT2D eigenvalue weighted by Gasteiger charge is -2.17. The molecule has 0 fully saturated rings. The largest absolute Gasteiger partial charge is 0.396 e. The van der Waals surface area contributed by atoms with Crippen molar-refractivity contribution in [1.29, 1.82) is 0 Å². The van der Waals surface area contributed by atoms with Crippen LogP contribution in [0.2, 0.25) is 5.15 Å². The van der Waals surface area contributed by atoms with Gasteiger partial charge in [-0.3, -0.25) is 0 Å². The fourth-order valence-corrected chi connectivity index (χ4v) is 1.81. The van der Waals surface area contributed by atoms with E-state index in [0.717, 1.165) is 0 Å². The van der Waals surface area contributed by atoms with E-state index in [1.807, 2.05) is 0 Å². The number of rotatable bonds is 5. The average Bonchev–Trinajstić information content (AvgIpc) is 2.74. The Hall–Kier alpha value is -1.28. The number of aliphatic hydroxyl groups is 3. The maximum absolute atomic E-state index is 9.76. The van der Waals surface area contributed by atoms with E-state index in [1.54, 1.807) is 4.57 Å². The molecule has 3 N–H and O–H groups in total. The van der Waals surface area contributed by atoms with Crippen LogP contribution in [0.4, 0.5) is 0 Å².